The van der Waals surface area contributed by atoms with Gasteiger partial charge in [0.1, 0.15) is 18.8 Å². The predicted octanol–water partition coefficient (Wildman–Crippen LogP) is 9.87. The fourth-order valence-electron chi connectivity index (χ4n) is 5.59. The minimum Gasteiger partial charge on any atom is -0.481 e. The normalized spacial score (nSPS) is 15.9. The first-order valence-corrected chi connectivity index (χ1v) is 26.3. The number of hydrogen-bond donors (Lipinski definition) is 6. The summed E-state index contributed by atoms with van der Waals surface area (Å²) in [6.45, 7) is 1.64. The summed E-state index contributed by atoms with van der Waals surface area (Å²) in [7, 11) is -4.78. The van der Waals surface area contributed by atoms with Crippen LogP contribution in [0.25, 0.3) is 0 Å². The smallest absolute Gasteiger partial charge is 0.472 e. The molecule has 0 aliphatic carbocycles. The molecule has 0 saturated heterocycles. The number of carboxylic acid groups (broad SMARTS) is 1. The molecule has 0 aliphatic heterocycles. The average Bonchev–Trinajstić information content (AvgIpc) is 3.30. The highest BCUT2D eigenvalue weighted by atomic mass is 32.2. The first kappa shape index (κ1) is 63.4. The van der Waals surface area contributed by atoms with E-state index in [4.69, 9.17) is 29.9 Å². The molecular formula is C51H82NO13PS. The third kappa shape index (κ3) is 42.2. The van der Waals surface area contributed by atoms with Crippen LogP contribution in [-0.2, 0) is 37.5 Å². The number of nitrogens with two attached hydrogens (primary N) is 1. The zero-order chi connectivity index (χ0) is 49.6. The number of aliphatic hydroxyl groups excluding tert-OH is 3. The lowest BCUT2D eigenvalue weighted by molar-refractivity contribution is -0.161. The van der Waals surface area contributed by atoms with Crippen molar-refractivity contribution in [2.45, 2.75) is 159 Å². The Morgan fingerprint density at radius 2 is 1.18 bits per heavy atom. The molecule has 67 heavy (non-hydrogen) atoms. The molecule has 0 spiro atoms. The van der Waals surface area contributed by atoms with Crippen LogP contribution in [0, 0.1) is 0 Å². The molecule has 0 aliphatic rings. The van der Waals surface area contributed by atoms with E-state index < -0.39 is 81.8 Å². The van der Waals surface area contributed by atoms with Gasteiger partial charge in [-0.3, -0.25) is 23.4 Å². The zero-order valence-electron chi connectivity index (χ0n) is 40.0. The van der Waals surface area contributed by atoms with Gasteiger partial charge in [0, 0.05) is 23.8 Å². The third-order valence-corrected chi connectivity index (χ3v) is 11.8. The minimum atomic E-state index is -4.78. The van der Waals surface area contributed by atoms with E-state index in [2.05, 4.69) is 73.1 Å². The summed E-state index contributed by atoms with van der Waals surface area (Å²) in [6.07, 6.45) is 46.8. The lowest BCUT2D eigenvalue weighted by atomic mass is 10.1. The van der Waals surface area contributed by atoms with Gasteiger partial charge in [0.05, 0.1) is 25.9 Å². The van der Waals surface area contributed by atoms with Crippen LogP contribution in [0.5, 0.6) is 0 Å². The van der Waals surface area contributed by atoms with Gasteiger partial charge in [-0.2, -0.15) is 0 Å². The van der Waals surface area contributed by atoms with Crippen molar-refractivity contribution in [1.82, 2.24) is 0 Å². The number of hydrogen-bond acceptors (Lipinski definition) is 13. The topological polar surface area (TPSA) is 232 Å². The van der Waals surface area contributed by atoms with Crippen molar-refractivity contribution in [3.05, 3.63) is 109 Å². The van der Waals surface area contributed by atoms with Crippen LogP contribution in [0.4, 0.5) is 0 Å². The second-order valence-electron chi connectivity index (χ2n) is 15.6. The molecule has 0 aromatic rings. The Hall–Kier alpha value is -3.63. The maximum atomic E-state index is 13.0. The molecule has 380 valence electrons. The third-order valence-electron chi connectivity index (χ3n) is 9.41. The van der Waals surface area contributed by atoms with Crippen molar-refractivity contribution >= 4 is 37.5 Å². The van der Waals surface area contributed by atoms with E-state index >= 15 is 0 Å². The van der Waals surface area contributed by atoms with Crippen molar-refractivity contribution in [2.24, 2.45) is 5.73 Å². The van der Waals surface area contributed by atoms with Crippen molar-refractivity contribution in [2.75, 3.05) is 32.2 Å². The number of aliphatic hydroxyl groups is 3. The summed E-state index contributed by atoms with van der Waals surface area (Å²) in [6, 6.07) is -1.19. The van der Waals surface area contributed by atoms with E-state index in [0.717, 1.165) is 38.5 Å². The molecule has 1 unspecified atom stereocenters. The van der Waals surface area contributed by atoms with E-state index in [1.165, 1.54) is 50.3 Å². The molecule has 0 fully saturated rings. The molecule has 14 nitrogen and oxygen atoms in total. The highest BCUT2D eigenvalue weighted by molar-refractivity contribution is 8.00. The summed E-state index contributed by atoms with van der Waals surface area (Å²) in [5, 5.41) is 37.9. The van der Waals surface area contributed by atoms with Gasteiger partial charge in [-0.25, -0.2) is 4.57 Å². The monoisotopic (exact) mass is 980 g/mol. The molecule has 0 rings (SSSR count). The largest absolute Gasteiger partial charge is 0.481 e. The molecule has 0 saturated carbocycles. The molecule has 6 atom stereocenters. The Kier molecular flexibility index (Phi) is 42.4. The maximum Gasteiger partial charge on any atom is 0.472 e. The standard InChI is InChI=1S/C51H82NO13PS/c1-3-5-7-9-11-13-15-17-18-19-20-21-22-23-25-27-29-31-33-38-50(58)65-45(42-64-66(60,61)63-40-44(54)39-53)41-62-51(59)46(52)43-67-48(47(55)35-34-37-49(56)57)36-32-30-28-26-24-16-14-12-10-8-6-4-2/h11-14,17-18,20-21,23-26,28-32,36,44-48,53-55H,3-10,15-16,19,22,27,33-35,37-43,52H2,1-2H3,(H,56,57)(H,60,61)/b13-11-,14-12-,18-17-,21-20-,25-23-,26-24-,30-28+,31-29-,36-32+/t44-,45+,46-,47-,48+/m0/s1. The SMILES string of the molecule is CCCCC/C=C\C\C=C/C=C/C=C/[C@@H](SC[C@H](N)C(=O)OC[C@H](COP(=O)(O)OC[C@@H](O)CO)OC(=O)CC/C=C\C/C=C\C/C=C\C/C=C\C/C=C\CCCCC)[C@@H](O)CCCC(=O)O. The van der Waals surface area contributed by atoms with E-state index in [-0.39, 0.29) is 31.4 Å². The molecular weight excluding hydrogens is 898 g/mol. The van der Waals surface area contributed by atoms with Gasteiger partial charge in [0.2, 0.25) is 0 Å². The number of phosphoric acid groups is 1. The molecule has 0 radical (unpaired) electrons. The maximum absolute atomic E-state index is 13.0. The van der Waals surface area contributed by atoms with E-state index in [1.807, 2.05) is 36.5 Å². The molecule has 0 amide bonds. The van der Waals surface area contributed by atoms with E-state index in [1.54, 1.807) is 18.2 Å². The fraction of sp³-hybridized carbons (Fsp3) is 0.588. The first-order chi connectivity index (χ1) is 32.3. The van der Waals surface area contributed by atoms with Crippen molar-refractivity contribution in [1.29, 1.82) is 0 Å². The molecule has 0 aromatic carbocycles. The average molecular weight is 980 g/mol. The summed E-state index contributed by atoms with van der Waals surface area (Å²) >= 11 is 1.18. The first-order valence-electron chi connectivity index (χ1n) is 23.8. The van der Waals surface area contributed by atoms with Crippen LogP contribution in [0.1, 0.15) is 129 Å². The molecule has 16 heteroatoms. The van der Waals surface area contributed by atoms with Gasteiger partial charge in [-0.05, 0) is 77.0 Å². The van der Waals surface area contributed by atoms with Crippen molar-refractivity contribution in [3.8, 4) is 0 Å². The number of unbranched alkanes of at least 4 members (excludes halogenated alkanes) is 6. The number of rotatable bonds is 43. The zero-order valence-corrected chi connectivity index (χ0v) is 41.7. The molecule has 0 bridgehead atoms. The number of ether oxygens (including phenoxy) is 2. The Morgan fingerprint density at radius 1 is 0.657 bits per heavy atom. The number of carbonyl (C=O) groups is 3. The number of phosphoric ester groups is 1. The Labute approximate surface area is 405 Å². The van der Waals surface area contributed by atoms with Gasteiger partial charge in [0.25, 0.3) is 0 Å². The van der Waals surface area contributed by atoms with Gasteiger partial charge < -0.3 is 40.5 Å². The predicted molar refractivity (Wildman–Crippen MR) is 270 cm³/mol. The highest BCUT2D eigenvalue weighted by Gasteiger charge is 2.28. The summed E-state index contributed by atoms with van der Waals surface area (Å²) < 4.78 is 32.8. The van der Waals surface area contributed by atoms with Crippen LogP contribution < -0.4 is 5.73 Å². The van der Waals surface area contributed by atoms with Crippen LogP contribution in [-0.4, -0.2) is 105 Å². The second-order valence-corrected chi connectivity index (χ2v) is 18.3. The summed E-state index contributed by atoms with van der Waals surface area (Å²) in [4.78, 5) is 46.9. The molecule has 0 heterocycles. The van der Waals surface area contributed by atoms with Crippen LogP contribution in [0.2, 0.25) is 0 Å². The summed E-state index contributed by atoms with van der Waals surface area (Å²) in [5.41, 5.74) is 6.15. The van der Waals surface area contributed by atoms with Crippen LogP contribution in [0.3, 0.4) is 0 Å². The number of esters is 2. The number of carboxylic acids is 1. The van der Waals surface area contributed by atoms with Crippen LogP contribution in [0.15, 0.2) is 109 Å². The fourth-order valence-corrected chi connectivity index (χ4v) is 7.51. The number of aliphatic carboxylic acids is 1. The van der Waals surface area contributed by atoms with Gasteiger partial charge >= 0.3 is 25.7 Å². The van der Waals surface area contributed by atoms with Crippen LogP contribution >= 0.6 is 19.6 Å². The quantitative estimate of drug-likeness (QED) is 0.0110. The van der Waals surface area contributed by atoms with Gasteiger partial charge in [-0.15, -0.1) is 11.8 Å². The van der Waals surface area contributed by atoms with Crippen molar-refractivity contribution < 1.29 is 62.8 Å². The van der Waals surface area contributed by atoms with Gasteiger partial charge in [0.15, 0.2) is 6.10 Å². The number of thioether (sulfide) groups is 1. The molecule has 7 N–H and O–H groups in total. The highest BCUT2D eigenvalue weighted by Crippen LogP contribution is 2.43. The number of carbonyl (C=O) groups excluding carboxylic acids is 2. The van der Waals surface area contributed by atoms with Crippen molar-refractivity contribution in [3.63, 3.8) is 0 Å². The Bertz CT molecular complexity index is 1610. The van der Waals surface area contributed by atoms with Gasteiger partial charge in [-0.1, -0.05) is 149 Å². The van der Waals surface area contributed by atoms with E-state index in [9.17, 15) is 34.1 Å². The Balaban J connectivity index is 5.24. The number of allylic oxidation sites excluding steroid dienone is 17. The lowest BCUT2D eigenvalue weighted by Crippen LogP contribution is -2.38. The minimum absolute atomic E-state index is 0.000742. The molecule has 0 aromatic heterocycles. The van der Waals surface area contributed by atoms with E-state index in [0.29, 0.717) is 12.8 Å². The second kappa shape index (κ2) is 44.9. The summed E-state index contributed by atoms with van der Waals surface area (Å²) in [5.74, 6) is -2.55. The Morgan fingerprint density at radius 3 is 1.73 bits per heavy atom. The lowest BCUT2D eigenvalue weighted by Gasteiger charge is -2.22.